The van der Waals surface area contributed by atoms with Gasteiger partial charge in [-0.25, -0.2) is 9.89 Å². The van der Waals surface area contributed by atoms with E-state index in [0.29, 0.717) is 11.1 Å². The van der Waals surface area contributed by atoms with E-state index in [0.717, 1.165) is 0 Å². The molecule has 1 aromatic heterocycles. The first kappa shape index (κ1) is 8.26. The molecule has 0 saturated carbocycles. The van der Waals surface area contributed by atoms with E-state index in [2.05, 4.69) is 10.2 Å². The predicted octanol–water partition coefficient (Wildman–Crippen LogP) is 0.902. The fourth-order valence-electron chi connectivity index (χ4n) is 1.08. The van der Waals surface area contributed by atoms with Crippen LogP contribution >= 0.6 is 0 Å². The zero-order valence-electron chi connectivity index (χ0n) is 7.02. The molecule has 1 heterocycles. The Labute approximate surface area is 78.6 Å². The molecule has 0 amide bonds. The summed E-state index contributed by atoms with van der Waals surface area (Å²) >= 11 is 0. The van der Waals surface area contributed by atoms with Crippen molar-refractivity contribution in [1.29, 1.82) is 5.26 Å². The summed E-state index contributed by atoms with van der Waals surface area (Å²) in [5.41, 5.74) is 1.09. The van der Waals surface area contributed by atoms with Gasteiger partial charge in [-0.2, -0.15) is 5.26 Å². The molecule has 0 atom stereocenters. The first-order valence-corrected chi connectivity index (χ1v) is 3.85. The molecule has 2 aromatic rings. The van der Waals surface area contributed by atoms with Crippen molar-refractivity contribution in [1.82, 2.24) is 10.2 Å². The predicted molar refractivity (Wildman–Crippen MR) is 47.3 cm³/mol. The van der Waals surface area contributed by atoms with Gasteiger partial charge in [-0.1, -0.05) is 6.07 Å². The molecule has 0 aliphatic rings. The van der Waals surface area contributed by atoms with Crippen LogP contribution in [0.1, 0.15) is 5.56 Å². The lowest BCUT2D eigenvalue weighted by Gasteiger charge is -1.93. The zero-order chi connectivity index (χ0) is 9.97. The van der Waals surface area contributed by atoms with Gasteiger partial charge in [0.05, 0.1) is 11.6 Å². The number of aromatic nitrogens is 2. The topological polar surface area (TPSA) is 82.7 Å². The van der Waals surface area contributed by atoms with Gasteiger partial charge in [0, 0.05) is 5.56 Å². The molecule has 68 valence electrons. The van der Waals surface area contributed by atoms with Gasteiger partial charge in [-0.3, -0.25) is 0 Å². The number of hydrogen-bond acceptors (Lipinski definition) is 4. The zero-order valence-corrected chi connectivity index (χ0v) is 7.02. The molecular weight excluding hydrogens is 182 g/mol. The van der Waals surface area contributed by atoms with E-state index in [4.69, 9.17) is 9.68 Å². The van der Waals surface area contributed by atoms with Crippen molar-refractivity contribution in [2.24, 2.45) is 0 Å². The quantitative estimate of drug-likeness (QED) is 0.718. The van der Waals surface area contributed by atoms with Crippen LogP contribution in [0.2, 0.25) is 0 Å². The molecule has 0 saturated heterocycles. The van der Waals surface area contributed by atoms with Gasteiger partial charge in [-0.05, 0) is 18.2 Å². The van der Waals surface area contributed by atoms with Gasteiger partial charge in [-0.15, -0.1) is 5.10 Å². The number of rotatable bonds is 1. The third kappa shape index (κ3) is 1.41. The summed E-state index contributed by atoms with van der Waals surface area (Å²) in [7, 11) is 0. The fraction of sp³-hybridized carbons (Fsp3) is 0. The van der Waals surface area contributed by atoms with E-state index in [1.807, 2.05) is 6.07 Å². The smallest absolute Gasteiger partial charge is 0.388 e. The fourth-order valence-corrected chi connectivity index (χ4v) is 1.08. The van der Waals surface area contributed by atoms with E-state index in [1.54, 1.807) is 24.3 Å². The molecule has 0 bridgehead atoms. The van der Waals surface area contributed by atoms with Crippen LogP contribution in [0.25, 0.3) is 11.5 Å². The second-order valence-electron chi connectivity index (χ2n) is 2.61. The highest BCUT2D eigenvalue weighted by Gasteiger charge is 2.04. The van der Waals surface area contributed by atoms with E-state index < -0.39 is 5.76 Å². The average Bonchev–Trinajstić information content (AvgIpc) is 2.65. The summed E-state index contributed by atoms with van der Waals surface area (Å²) in [5.74, 6) is -0.422. The minimum absolute atomic E-state index is 0.187. The minimum atomic E-state index is -0.609. The van der Waals surface area contributed by atoms with Crippen LogP contribution in [0.5, 0.6) is 0 Å². The first-order chi connectivity index (χ1) is 6.79. The van der Waals surface area contributed by atoms with Crippen molar-refractivity contribution in [2.45, 2.75) is 0 Å². The maximum atomic E-state index is 10.7. The molecule has 0 unspecified atom stereocenters. The standard InChI is InChI=1S/C9H5N3O2/c10-5-6-2-1-3-7(4-6)8-11-12-9(13)14-8/h1-4H,(H,12,13). The summed E-state index contributed by atoms with van der Waals surface area (Å²) in [6.45, 7) is 0. The number of nitriles is 1. The van der Waals surface area contributed by atoms with Crippen molar-refractivity contribution < 1.29 is 4.42 Å². The molecule has 5 nitrogen and oxygen atoms in total. The Morgan fingerprint density at radius 1 is 1.50 bits per heavy atom. The van der Waals surface area contributed by atoms with Gasteiger partial charge in [0.2, 0.25) is 5.89 Å². The number of H-pyrrole nitrogens is 1. The Morgan fingerprint density at radius 3 is 3.00 bits per heavy atom. The van der Waals surface area contributed by atoms with Gasteiger partial charge >= 0.3 is 5.76 Å². The van der Waals surface area contributed by atoms with Crippen LogP contribution in [-0.2, 0) is 0 Å². The minimum Gasteiger partial charge on any atom is -0.388 e. The summed E-state index contributed by atoms with van der Waals surface area (Å²) in [6, 6.07) is 8.65. The Kier molecular flexibility index (Phi) is 1.88. The van der Waals surface area contributed by atoms with Gasteiger partial charge in [0.15, 0.2) is 0 Å². The number of aromatic amines is 1. The van der Waals surface area contributed by atoms with Crippen LogP contribution in [-0.4, -0.2) is 10.2 Å². The third-order valence-corrected chi connectivity index (χ3v) is 1.68. The largest absolute Gasteiger partial charge is 0.434 e. The summed E-state index contributed by atoms with van der Waals surface area (Å²) in [5, 5.41) is 14.4. The summed E-state index contributed by atoms with van der Waals surface area (Å²) in [6.07, 6.45) is 0. The van der Waals surface area contributed by atoms with E-state index in [1.165, 1.54) is 0 Å². The number of nitrogens with zero attached hydrogens (tertiary/aromatic N) is 2. The monoisotopic (exact) mass is 187 g/mol. The Hall–Kier alpha value is -2.35. The molecule has 0 aliphatic heterocycles. The number of hydrogen-bond donors (Lipinski definition) is 1. The van der Waals surface area contributed by atoms with Crippen LogP contribution in [0.3, 0.4) is 0 Å². The van der Waals surface area contributed by atoms with Crippen molar-refractivity contribution >= 4 is 0 Å². The second-order valence-corrected chi connectivity index (χ2v) is 2.61. The lowest BCUT2D eigenvalue weighted by molar-refractivity contribution is 0.527. The van der Waals surface area contributed by atoms with Gasteiger partial charge < -0.3 is 4.42 Å². The molecule has 1 aromatic carbocycles. The van der Waals surface area contributed by atoms with Crippen LogP contribution < -0.4 is 5.76 Å². The Morgan fingerprint density at radius 2 is 2.36 bits per heavy atom. The third-order valence-electron chi connectivity index (χ3n) is 1.68. The maximum absolute atomic E-state index is 10.7. The average molecular weight is 187 g/mol. The SMILES string of the molecule is N#Cc1cccc(-c2n[nH]c(=O)o2)c1. The van der Waals surface area contributed by atoms with Crippen LogP contribution in [0.4, 0.5) is 0 Å². The molecular formula is C9H5N3O2. The summed E-state index contributed by atoms with van der Waals surface area (Å²) in [4.78, 5) is 10.7. The molecule has 1 N–H and O–H groups in total. The molecule has 5 heteroatoms. The second kappa shape index (κ2) is 3.18. The Balaban J connectivity index is 2.53. The van der Waals surface area contributed by atoms with E-state index >= 15 is 0 Å². The maximum Gasteiger partial charge on any atom is 0.434 e. The summed E-state index contributed by atoms with van der Waals surface area (Å²) < 4.78 is 4.74. The van der Waals surface area contributed by atoms with Gasteiger partial charge in [0.25, 0.3) is 0 Å². The molecule has 0 aliphatic carbocycles. The highest BCUT2D eigenvalue weighted by Crippen LogP contribution is 2.15. The van der Waals surface area contributed by atoms with Crippen LogP contribution in [0, 0.1) is 11.3 Å². The highest BCUT2D eigenvalue weighted by molar-refractivity contribution is 5.55. The van der Waals surface area contributed by atoms with Crippen LogP contribution in [0.15, 0.2) is 33.5 Å². The lowest BCUT2D eigenvalue weighted by atomic mass is 10.1. The van der Waals surface area contributed by atoms with E-state index in [9.17, 15) is 4.79 Å². The molecule has 0 spiro atoms. The van der Waals surface area contributed by atoms with Crippen molar-refractivity contribution in [3.8, 4) is 17.5 Å². The Bertz CT molecular complexity index is 547. The first-order valence-electron chi connectivity index (χ1n) is 3.85. The van der Waals surface area contributed by atoms with Gasteiger partial charge in [0.1, 0.15) is 0 Å². The number of nitrogens with one attached hydrogen (secondary N) is 1. The highest BCUT2D eigenvalue weighted by atomic mass is 16.4. The lowest BCUT2D eigenvalue weighted by Crippen LogP contribution is -1.93. The molecule has 2 rings (SSSR count). The van der Waals surface area contributed by atoms with E-state index in [-0.39, 0.29) is 5.89 Å². The molecule has 14 heavy (non-hydrogen) atoms. The van der Waals surface area contributed by atoms with Crippen molar-refractivity contribution in [2.75, 3.05) is 0 Å². The number of benzene rings is 1. The molecule has 0 fully saturated rings. The molecule has 0 radical (unpaired) electrons. The van der Waals surface area contributed by atoms with Crippen molar-refractivity contribution in [3.05, 3.63) is 40.4 Å². The normalized spacial score (nSPS) is 9.64. The van der Waals surface area contributed by atoms with Crippen molar-refractivity contribution in [3.63, 3.8) is 0 Å².